The number of para-hydroxylation sites is 2. The first-order valence-electron chi connectivity index (χ1n) is 7.25. The van der Waals surface area contributed by atoms with Crippen molar-refractivity contribution in [2.45, 2.75) is 26.2 Å². The van der Waals surface area contributed by atoms with Crippen LogP contribution in [-0.4, -0.2) is 11.6 Å². The second kappa shape index (κ2) is 5.95. The molecule has 0 amide bonds. The second-order valence-corrected chi connectivity index (χ2v) is 4.98. The average molecular weight is 283 g/mol. The number of nitrogens with zero attached hydrogens (tertiary/aromatic N) is 1. The van der Waals surface area contributed by atoms with E-state index in [2.05, 4.69) is 11.9 Å². The summed E-state index contributed by atoms with van der Waals surface area (Å²) in [6, 6.07) is 10.8. The van der Waals surface area contributed by atoms with Crippen molar-refractivity contribution < 1.29 is 9.15 Å². The molecule has 0 aromatic heterocycles. The van der Waals surface area contributed by atoms with Crippen LogP contribution in [0.2, 0.25) is 0 Å². The molecule has 0 atom stereocenters. The number of rotatable bonds is 5. The van der Waals surface area contributed by atoms with E-state index in [1.807, 2.05) is 24.3 Å². The Bertz CT molecular complexity index is 779. The molecule has 0 unspecified atom stereocenters. The highest BCUT2D eigenvalue weighted by molar-refractivity contribution is 5.76. The van der Waals surface area contributed by atoms with E-state index in [0.717, 1.165) is 19.3 Å². The molecular weight excluding hydrogens is 266 g/mol. The van der Waals surface area contributed by atoms with Crippen LogP contribution < -0.4 is 10.2 Å². The molecule has 0 radical (unpaired) electrons. The van der Waals surface area contributed by atoms with Gasteiger partial charge in [-0.1, -0.05) is 31.9 Å². The van der Waals surface area contributed by atoms with Gasteiger partial charge in [0, 0.05) is 0 Å². The first-order chi connectivity index (χ1) is 10.3. The molecule has 0 N–H and O–H groups in total. The molecule has 4 heteroatoms. The van der Waals surface area contributed by atoms with Crippen LogP contribution in [0.15, 0.2) is 45.6 Å². The summed E-state index contributed by atoms with van der Waals surface area (Å²) in [5.41, 5.74) is 1.45. The maximum atomic E-state index is 12.4. The van der Waals surface area contributed by atoms with Gasteiger partial charge in [0.25, 0.3) is 0 Å². The zero-order valence-electron chi connectivity index (χ0n) is 12.0. The molecule has 108 valence electrons. The lowest BCUT2D eigenvalue weighted by molar-refractivity contribution is 0.303. The van der Waals surface area contributed by atoms with Crippen LogP contribution in [-0.2, 0) is 0 Å². The topological polar surface area (TPSA) is 52.3 Å². The Morgan fingerprint density at radius 2 is 2.00 bits per heavy atom. The molecule has 1 aromatic carbocycles. The third-order valence-corrected chi connectivity index (χ3v) is 3.38. The maximum absolute atomic E-state index is 12.4. The largest absolute Gasteiger partial charge is 0.489 e. The zero-order valence-corrected chi connectivity index (χ0v) is 12.0. The van der Waals surface area contributed by atoms with Gasteiger partial charge < -0.3 is 9.15 Å². The van der Waals surface area contributed by atoms with E-state index >= 15 is 0 Å². The van der Waals surface area contributed by atoms with Crippen LogP contribution in [0.25, 0.3) is 22.6 Å². The fraction of sp³-hybridized carbons (Fsp3) is 0.294. The molecule has 0 saturated heterocycles. The Balaban J connectivity index is 1.98. The molecule has 0 saturated carbocycles. The van der Waals surface area contributed by atoms with Gasteiger partial charge in [0.15, 0.2) is 22.8 Å². The van der Waals surface area contributed by atoms with E-state index in [1.165, 1.54) is 0 Å². The molecule has 0 spiro atoms. The number of aromatic nitrogens is 1. The van der Waals surface area contributed by atoms with Crippen molar-refractivity contribution in [3.05, 3.63) is 46.6 Å². The maximum Gasteiger partial charge on any atom is 0.249 e. The molecule has 21 heavy (non-hydrogen) atoms. The second-order valence-electron chi connectivity index (χ2n) is 4.98. The quantitative estimate of drug-likeness (QED) is 0.527. The van der Waals surface area contributed by atoms with Crippen molar-refractivity contribution in [3.8, 4) is 17.2 Å². The standard InChI is InChI=1S/C17H17NO3/c1-2-3-6-11-20-15-10-9-14-16(17(15)19)18-12-7-4-5-8-13(12)21-14/h4-5,7-10H,2-3,6,11H2,1H3. The number of fused-ring (bicyclic) bond motifs is 2. The van der Waals surface area contributed by atoms with Crippen LogP contribution in [0.3, 0.4) is 0 Å². The Morgan fingerprint density at radius 1 is 1.14 bits per heavy atom. The van der Waals surface area contributed by atoms with Gasteiger partial charge in [0.05, 0.1) is 6.61 Å². The third-order valence-electron chi connectivity index (χ3n) is 3.38. The summed E-state index contributed by atoms with van der Waals surface area (Å²) in [6.07, 6.45) is 3.17. The number of benzene rings is 2. The minimum atomic E-state index is -0.210. The van der Waals surface area contributed by atoms with Crippen LogP contribution in [0.5, 0.6) is 5.75 Å². The number of unbranched alkanes of at least 4 members (excludes halogenated alkanes) is 2. The number of hydrogen-bond donors (Lipinski definition) is 0. The fourth-order valence-corrected chi connectivity index (χ4v) is 2.25. The van der Waals surface area contributed by atoms with Gasteiger partial charge in [0.1, 0.15) is 5.52 Å². The fourth-order valence-electron chi connectivity index (χ4n) is 2.25. The van der Waals surface area contributed by atoms with Crippen molar-refractivity contribution in [1.29, 1.82) is 0 Å². The Morgan fingerprint density at radius 3 is 2.86 bits per heavy atom. The van der Waals surface area contributed by atoms with E-state index in [4.69, 9.17) is 9.15 Å². The molecule has 3 rings (SSSR count). The smallest absolute Gasteiger partial charge is 0.249 e. The highest BCUT2D eigenvalue weighted by Crippen LogP contribution is 2.24. The van der Waals surface area contributed by atoms with Crippen molar-refractivity contribution in [1.82, 2.24) is 4.98 Å². The molecule has 0 bridgehead atoms. The van der Waals surface area contributed by atoms with Crippen molar-refractivity contribution in [2.24, 2.45) is 0 Å². The minimum Gasteiger partial charge on any atom is -0.489 e. The van der Waals surface area contributed by atoms with E-state index in [9.17, 15) is 4.79 Å². The van der Waals surface area contributed by atoms with E-state index < -0.39 is 0 Å². The Kier molecular flexibility index (Phi) is 3.86. The lowest BCUT2D eigenvalue weighted by atomic mass is 10.2. The predicted molar refractivity (Wildman–Crippen MR) is 81.9 cm³/mol. The van der Waals surface area contributed by atoms with Gasteiger partial charge in [-0.25, -0.2) is 4.98 Å². The van der Waals surface area contributed by atoms with Crippen LogP contribution in [0.1, 0.15) is 26.2 Å². The van der Waals surface area contributed by atoms with Gasteiger partial charge in [-0.15, -0.1) is 0 Å². The summed E-state index contributed by atoms with van der Waals surface area (Å²) in [4.78, 5) is 16.8. The van der Waals surface area contributed by atoms with E-state index in [-0.39, 0.29) is 5.43 Å². The molecular formula is C17H17NO3. The van der Waals surface area contributed by atoms with Gasteiger partial charge in [-0.2, -0.15) is 0 Å². The highest BCUT2D eigenvalue weighted by atomic mass is 16.5. The molecule has 1 aliphatic carbocycles. The number of ether oxygens (including phenoxy) is 1. The lowest BCUT2D eigenvalue weighted by Crippen LogP contribution is -2.13. The monoisotopic (exact) mass is 283 g/mol. The first-order valence-corrected chi connectivity index (χ1v) is 7.25. The SMILES string of the molecule is CCCCCOc1ccc2oc3ccccc3nc-2c1=O. The van der Waals surface area contributed by atoms with Crippen molar-refractivity contribution in [3.63, 3.8) is 0 Å². The zero-order chi connectivity index (χ0) is 14.7. The summed E-state index contributed by atoms with van der Waals surface area (Å²) < 4.78 is 11.3. The van der Waals surface area contributed by atoms with E-state index in [1.54, 1.807) is 12.1 Å². The number of hydrogen-bond acceptors (Lipinski definition) is 4. The molecule has 4 nitrogen and oxygen atoms in total. The summed E-state index contributed by atoms with van der Waals surface area (Å²) >= 11 is 0. The van der Waals surface area contributed by atoms with Gasteiger partial charge in [-0.05, 0) is 30.7 Å². The average Bonchev–Trinajstić information content (AvgIpc) is 2.52. The van der Waals surface area contributed by atoms with E-state index in [0.29, 0.717) is 34.9 Å². The Labute approximate surface area is 122 Å². The Hall–Kier alpha value is -2.36. The molecule has 1 heterocycles. The van der Waals surface area contributed by atoms with Crippen LogP contribution in [0.4, 0.5) is 0 Å². The summed E-state index contributed by atoms with van der Waals surface area (Å²) in [6.45, 7) is 2.69. The van der Waals surface area contributed by atoms with Crippen molar-refractivity contribution >= 4 is 11.1 Å². The first kappa shape index (κ1) is 13.6. The lowest BCUT2D eigenvalue weighted by Gasteiger charge is -2.09. The molecule has 2 aliphatic rings. The predicted octanol–water partition coefficient (Wildman–Crippen LogP) is 3.86. The third kappa shape index (κ3) is 2.75. The normalized spacial score (nSPS) is 11.1. The van der Waals surface area contributed by atoms with Crippen LogP contribution in [0, 0.1) is 0 Å². The minimum absolute atomic E-state index is 0.210. The van der Waals surface area contributed by atoms with Gasteiger partial charge >= 0.3 is 0 Å². The molecule has 1 aliphatic heterocycles. The molecule has 0 fully saturated rings. The van der Waals surface area contributed by atoms with Crippen LogP contribution >= 0.6 is 0 Å². The van der Waals surface area contributed by atoms with Crippen molar-refractivity contribution in [2.75, 3.05) is 6.61 Å². The summed E-state index contributed by atoms with van der Waals surface area (Å²) in [5, 5.41) is 0. The molecule has 1 aromatic rings. The summed E-state index contributed by atoms with van der Waals surface area (Å²) in [5.74, 6) is 0.830. The van der Waals surface area contributed by atoms with Gasteiger partial charge in [0.2, 0.25) is 5.43 Å². The highest BCUT2D eigenvalue weighted by Gasteiger charge is 2.16. The van der Waals surface area contributed by atoms with Gasteiger partial charge in [-0.3, -0.25) is 4.79 Å². The summed E-state index contributed by atoms with van der Waals surface area (Å²) in [7, 11) is 0.